The first kappa shape index (κ1) is 8.00. The van der Waals surface area contributed by atoms with Crippen molar-refractivity contribution in [1.82, 2.24) is 25.5 Å². The van der Waals surface area contributed by atoms with Gasteiger partial charge in [-0.15, -0.1) is 0 Å². The molecule has 0 atom stereocenters. The zero-order valence-electron chi connectivity index (χ0n) is 7.12. The summed E-state index contributed by atoms with van der Waals surface area (Å²) in [5.74, 6) is 0.857. The summed E-state index contributed by atoms with van der Waals surface area (Å²) in [5, 5.41) is 9.78. The number of rotatable bonds is 4. The fourth-order valence-corrected chi connectivity index (χ4v) is 1.11. The summed E-state index contributed by atoms with van der Waals surface area (Å²) in [7, 11) is 0. The second-order valence-corrected chi connectivity index (χ2v) is 2.75. The van der Waals surface area contributed by atoms with Crippen molar-refractivity contribution in [1.29, 1.82) is 0 Å². The third-order valence-electron chi connectivity index (χ3n) is 1.75. The predicted molar refractivity (Wildman–Crippen MR) is 47.7 cm³/mol. The van der Waals surface area contributed by atoms with Crippen molar-refractivity contribution in [3.05, 3.63) is 36.2 Å². The normalized spacial score (nSPS) is 10.5. The van der Waals surface area contributed by atoms with Crippen LogP contribution in [0.5, 0.6) is 0 Å². The van der Waals surface area contributed by atoms with Gasteiger partial charge in [0.25, 0.3) is 0 Å². The Bertz CT molecular complexity index is 289. The van der Waals surface area contributed by atoms with E-state index in [-0.39, 0.29) is 0 Å². The molecule has 0 aliphatic heterocycles. The maximum atomic E-state index is 4.00. The van der Waals surface area contributed by atoms with E-state index in [4.69, 9.17) is 0 Å². The van der Waals surface area contributed by atoms with Crippen LogP contribution in [-0.4, -0.2) is 20.2 Å². The van der Waals surface area contributed by atoms with Crippen LogP contribution in [0.1, 0.15) is 11.4 Å². The van der Waals surface area contributed by atoms with Gasteiger partial charge in [0.1, 0.15) is 12.2 Å². The molecule has 0 radical (unpaired) electrons. The third-order valence-corrected chi connectivity index (χ3v) is 1.75. The Balaban J connectivity index is 1.76. The molecule has 0 unspecified atom stereocenters. The average Bonchev–Trinajstić information content (AvgIpc) is 2.75. The molecule has 0 amide bonds. The van der Waals surface area contributed by atoms with Gasteiger partial charge in [-0.05, 0) is 11.6 Å². The smallest absolute Gasteiger partial charge is 0.138 e. The summed E-state index contributed by atoms with van der Waals surface area (Å²) in [6, 6.07) is 2.04. The minimum Gasteiger partial charge on any atom is -0.367 e. The number of aromatic nitrogens is 4. The van der Waals surface area contributed by atoms with Crippen molar-refractivity contribution in [2.75, 3.05) is 0 Å². The first-order chi connectivity index (χ1) is 6.45. The molecule has 5 heteroatoms. The van der Waals surface area contributed by atoms with E-state index in [2.05, 4.69) is 25.5 Å². The highest BCUT2D eigenvalue weighted by Gasteiger charge is 1.95. The molecule has 0 saturated heterocycles. The molecule has 0 spiro atoms. The van der Waals surface area contributed by atoms with Crippen molar-refractivity contribution in [3.8, 4) is 0 Å². The van der Waals surface area contributed by atoms with E-state index in [1.807, 2.05) is 18.5 Å². The Labute approximate surface area is 75.6 Å². The number of hydrogen-bond acceptors (Lipinski definition) is 3. The second kappa shape index (κ2) is 3.86. The van der Waals surface area contributed by atoms with Gasteiger partial charge in [0, 0.05) is 18.9 Å². The molecule has 0 aliphatic rings. The van der Waals surface area contributed by atoms with E-state index in [9.17, 15) is 0 Å². The zero-order valence-corrected chi connectivity index (χ0v) is 7.12. The minimum absolute atomic E-state index is 0.713. The van der Waals surface area contributed by atoms with Gasteiger partial charge < -0.3 is 10.3 Å². The Morgan fingerprint density at radius 3 is 3.08 bits per heavy atom. The fourth-order valence-electron chi connectivity index (χ4n) is 1.11. The summed E-state index contributed by atoms with van der Waals surface area (Å²) in [6.45, 7) is 1.55. The van der Waals surface area contributed by atoms with Gasteiger partial charge in [0.05, 0.1) is 6.54 Å². The third kappa shape index (κ3) is 2.16. The maximum absolute atomic E-state index is 4.00. The summed E-state index contributed by atoms with van der Waals surface area (Å²) < 4.78 is 0. The Morgan fingerprint density at radius 2 is 2.38 bits per heavy atom. The first-order valence-corrected chi connectivity index (χ1v) is 4.12. The maximum Gasteiger partial charge on any atom is 0.138 e. The molecule has 2 aromatic heterocycles. The minimum atomic E-state index is 0.713. The van der Waals surface area contributed by atoms with E-state index < -0.39 is 0 Å². The number of nitrogens with one attached hydrogen (secondary N) is 3. The van der Waals surface area contributed by atoms with Crippen molar-refractivity contribution in [3.63, 3.8) is 0 Å². The molecule has 3 N–H and O–H groups in total. The Kier molecular flexibility index (Phi) is 2.38. The summed E-state index contributed by atoms with van der Waals surface area (Å²) >= 11 is 0. The molecular weight excluding hydrogens is 166 g/mol. The number of H-pyrrole nitrogens is 2. The van der Waals surface area contributed by atoms with Crippen molar-refractivity contribution < 1.29 is 0 Å². The van der Waals surface area contributed by atoms with Gasteiger partial charge in [-0.2, -0.15) is 5.10 Å². The van der Waals surface area contributed by atoms with Crippen molar-refractivity contribution >= 4 is 0 Å². The lowest BCUT2D eigenvalue weighted by atomic mass is 10.3. The molecular formula is C8H11N5. The van der Waals surface area contributed by atoms with Crippen LogP contribution >= 0.6 is 0 Å². The first-order valence-electron chi connectivity index (χ1n) is 4.12. The van der Waals surface area contributed by atoms with E-state index in [1.165, 1.54) is 11.9 Å². The van der Waals surface area contributed by atoms with Crippen LogP contribution in [0.4, 0.5) is 0 Å². The lowest BCUT2D eigenvalue weighted by molar-refractivity contribution is 0.665. The number of hydrogen-bond donors (Lipinski definition) is 3. The molecule has 5 nitrogen and oxygen atoms in total. The molecule has 68 valence electrons. The van der Waals surface area contributed by atoms with E-state index in [0.29, 0.717) is 6.54 Å². The van der Waals surface area contributed by atoms with Gasteiger partial charge in [0.2, 0.25) is 0 Å². The number of aromatic amines is 2. The lowest BCUT2D eigenvalue weighted by Crippen LogP contribution is -2.13. The van der Waals surface area contributed by atoms with Crippen molar-refractivity contribution in [2.24, 2.45) is 0 Å². The highest BCUT2D eigenvalue weighted by Crippen LogP contribution is 1.95. The molecule has 2 rings (SSSR count). The quantitative estimate of drug-likeness (QED) is 0.634. The molecule has 2 aromatic rings. The van der Waals surface area contributed by atoms with Crippen LogP contribution in [0.15, 0.2) is 24.8 Å². The van der Waals surface area contributed by atoms with Crippen molar-refractivity contribution in [2.45, 2.75) is 13.1 Å². The Morgan fingerprint density at radius 1 is 1.38 bits per heavy atom. The Hall–Kier alpha value is -1.62. The van der Waals surface area contributed by atoms with Crippen LogP contribution in [0.3, 0.4) is 0 Å². The molecule has 0 aliphatic carbocycles. The highest BCUT2D eigenvalue weighted by molar-refractivity contribution is 5.07. The molecule has 0 bridgehead atoms. The van der Waals surface area contributed by atoms with Gasteiger partial charge >= 0.3 is 0 Å². The zero-order chi connectivity index (χ0) is 8.93. The molecule has 0 saturated carbocycles. The van der Waals surface area contributed by atoms with Crippen LogP contribution in [-0.2, 0) is 13.1 Å². The summed E-state index contributed by atoms with van der Waals surface area (Å²) in [5.41, 5.74) is 1.24. The lowest BCUT2D eigenvalue weighted by Gasteiger charge is -1.98. The molecule has 13 heavy (non-hydrogen) atoms. The second-order valence-electron chi connectivity index (χ2n) is 2.75. The van der Waals surface area contributed by atoms with Crippen LogP contribution in [0.25, 0.3) is 0 Å². The van der Waals surface area contributed by atoms with Gasteiger partial charge in [0.15, 0.2) is 0 Å². The van der Waals surface area contributed by atoms with E-state index >= 15 is 0 Å². The summed E-state index contributed by atoms with van der Waals surface area (Å²) in [4.78, 5) is 7.00. The molecule has 0 fully saturated rings. The van der Waals surface area contributed by atoms with Crippen LogP contribution in [0, 0.1) is 0 Å². The van der Waals surface area contributed by atoms with Crippen LogP contribution in [0.2, 0.25) is 0 Å². The van der Waals surface area contributed by atoms with E-state index in [0.717, 1.165) is 12.4 Å². The fraction of sp³-hybridized carbons (Fsp3) is 0.250. The summed E-state index contributed by atoms with van der Waals surface area (Å²) in [6.07, 6.45) is 5.38. The average molecular weight is 177 g/mol. The van der Waals surface area contributed by atoms with Gasteiger partial charge in [-0.25, -0.2) is 4.98 Å². The highest BCUT2D eigenvalue weighted by atomic mass is 15.2. The SMILES string of the molecule is c1n[nH]c(CNCc2cc[nH]c2)n1. The van der Waals surface area contributed by atoms with Crippen LogP contribution < -0.4 is 5.32 Å². The predicted octanol–water partition coefficient (Wildman–Crippen LogP) is 0.423. The topological polar surface area (TPSA) is 69.4 Å². The molecule has 2 heterocycles. The van der Waals surface area contributed by atoms with Gasteiger partial charge in [-0.1, -0.05) is 0 Å². The standard InChI is InChI=1S/C8H11N5/c1-2-9-3-7(1)4-10-5-8-11-6-12-13-8/h1-3,6,9-10H,4-5H2,(H,11,12,13). The van der Waals surface area contributed by atoms with E-state index in [1.54, 1.807) is 0 Å². The van der Waals surface area contributed by atoms with Gasteiger partial charge in [-0.3, -0.25) is 5.10 Å². The largest absolute Gasteiger partial charge is 0.367 e. The monoisotopic (exact) mass is 177 g/mol. The number of nitrogens with zero attached hydrogens (tertiary/aromatic N) is 2. The molecule has 0 aromatic carbocycles.